The summed E-state index contributed by atoms with van der Waals surface area (Å²) in [6.07, 6.45) is 1.55. The molecule has 1 heterocycles. The molecule has 3 aromatic carbocycles. The normalized spacial score (nSPS) is 13.9. The number of nitrogens with one attached hydrogen (secondary N) is 1. The van der Waals surface area contributed by atoms with E-state index in [2.05, 4.69) is 11.9 Å². The number of rotatable bonds is 4. The van der Waals surface area contributed by atoms with E-state index >= 15 is 0 Å². The molecular weight excluding hydrogens is 396 g/mol. The Bertz CT molecular complexity index is 1280. The SMILES string of the molecule is C=CCN1c2ccc(C(=O)Nc3cccc(C)c3C)cc2-c2ccccc2S1(=O)=O. The maximum Gasteiger partial charge on any atom is 0.265 e. The van der Waals surface area contributed by atoms with Gasteiger partial charge in [0.1, 0.15) is 0 Å². The van der Waals surface area contributed by atoms with Crippen LogP contribution in [-0.4, -0.2) is 20.9 Å². The lowest BCUT2D eigenvalue weighted by Crippen LogP contribution is -2.34. The Hall–Kier alpha value is -3.38. The average Bonchev–Trinajstić information content (AvgIpc) is 2.74. The largest absolute Gasteiger partial charge is 0.322 e. The van der Waals surface area contributed by atoms with E-state index in [1.54, 1.807) is 48.5 Å². The molecule has 3 aromatic rings. The summed E-state index contributed by atoms with van der Waals surface area (Å²) in [5.41, 5.74) is 5.16. The smallest absolute Gasteiger partial charge is 0.265 e. The fourth-order valence-electron chi connectivity index (χ4n) is 3.67. The van der Waals surface area contributed by atoms with E-state index in [1.165, 1.54) is 4.31 Å². The van der Waals surface area contributed by atoms with Gasteiger partial charge in [-0.05, 0) is 55.3 Å². The number of hydrogen-bond donors (Lipinski definition) is 1. The summed E-state index contributed by atoms with van der Waals surface area (Å²) in [5, 5.41) is 2.96. The van der Waals surface area contributed by atoms with Gasteiger partial charge in [-0.15, -0.1) is 6.58 Å². The molecule has 1 aliphatic heterocycles. The summed E-state index contributed by atoms with van der Waals surface area (Å²) in [5.74, 6) is -0.243. The minimum absolute atomic E-state index is 0.150. The highest BCUT2D eigenvalue weighted by Gasteiger charge is 2.34. The van der Waals surface area contributed by atoms with E-state index in [-0.39, 0.29) is 17.3 Å². The first-order chi connectivity index (χ1) is 14.3. The molecule has 30 heavy (non-hydrogen) atoms. The molecule has 152 valence electrons. The van der Waals surface area contributed by atoms with Gasteiger partial charge < -0.3 is 5.32 Å². The third-order valence-corrected chi connectivity index (χ3v) is 7.26. The minimum Gasteiger partial charge on any atom is -0.322 e. The molecule has 1 amide bonds. The molecular formula is C24H22N2O3S. The van der Waals surface area contributed by atoms with E-state index < -0.39 is 10.0 Å². The molecule has 0 fully saturated rings. The molecule has 0 aromatic heterocycles. The van der Waals surface area contributed by atoms with E-state index in [0.29, 0.717) is 22.4 Å². The second-order valence-corrected chi connectivity index (χ2v) is 9.09. The van der Waals surface area contributed by atoms with Crippen molar-refractivity contribution in [2.24, 2.45) is 0 Å². The first-order valence-corrected chi connectivity index (χ1v) is 11.0. The number of anilines is 2. The molecule has 4 rings (SSSR count). The standard InChI is InChI=1S/C24H22N2O3S/c1-4-14-26-22-13-12-18(24(27)25-21-10-7-8-16(2)17(21)3)15-20(22)19-9-5-6-11-23(19)30(26,28)29/h4-13,15H,1,14H2,2-3H3,(H,25,27). The van der Waals surface area contributed by atoms with Crippen LogP contribution in [0.1, 0.15) is 21.5 Å². The fraction of sp³-hybridized carbons (Fsp3) is 0.125. The number of nitrogens with zero attached hydrogens (tertiary/aromatic N) is 1. The van der Waals surface area contributed by atoms with Crippen LogP contribution in [0.3, 0.4) is 0 Å². The van der Waals surface area contributed by atoms with Crippen molar-refractivity contribution in [2.45, 2.75) is 18.7 Å². The lowest BCUT2D eigenvalue weighted by Gasteiger charge is -2.31. The van der Waals surface area contributed by atoms with E-state index in [9.17, 15) is 13.2 Å². The molecule has 0 radical (unpaired) electrons. The summed E-state index contributed by atoms with van der Waals surface area (Å²) >= 11 is 0. The molecule has 6 heteroatoms. The predicted octanol–water partition coefficient (Wildman–Crippen LogP) is 4.92. The second-order valence-electron chi connectivity index (χ2n) is 7.25. The van der Waals surface area contributed by atoms with Crippen LogP contribution >= 0.6 is 0 Å². The van der Waals surface area contributed by atoms with Crippen molar-refractivity contribution >= 4 is 27.3 Å². The first kappa shape index (κ1) is 19.9. The summed E-state index contributed by atoms with van der Waals surface area (Å²) in [6, 6.07) is 17.7. The number of carbonyl (C=O) groups is 1. The monoisotopic (exact) mass is 418 g/mol. The summed E-state index contributed by atoms with van der Waals surface area (Å²) in [4.78, 5) is 13.2. The number of carbonyl (C=O) groups excluding carboxylic acids is 1. The van der Waals surface area contributed by atoms with Gasteiger partial charge in [-0.3, -0.25) is 9.10 Å². The number of fused-ring (bicyclic) bond motifs is 3. The number of hydrogen-bond acceptors (Lipinski definition) is 3. The fourth-order valence-corrected chi connectivity index (χ4v) is 5.33. The molecule has 0 unspecified atom stereocenters. The van der Waals surface area contributed by atoms with Gasteiger partial charge in [0, 0.05) is 22.4 Å². The Balaban J connectivity index is 1.80. The van der Waals surface area contributed by atoms with Crippen LogP contribution in [-0.2, 0) is 10.0 Å². The van der Waals surface area contributed by atoms with Gasteiger partial charge >= 0.3 is 0 Å². The second kappa shape index (κ2) is 7.46. The lowest BCUT2D eigenvalue weighted by molar-refractivity contribution is 0.102. The maximum absolute atomic E-state index is 13.1. The summed E-state index contributed by atoms with van der Waals surface area (Å²) < 4.78 is 27.5. The third kappa shape index (κ3) is 3.19. The van der Waals surface area contributed by atoms with Gasteiger partial charge in [-0.25, -0.2) is 8.42 Å². The van der Waals surface area contributed by atoms with Gasteiger partial charge in [-0.1, -0.05) is 36.4 Å². The molecule has 0 atom stereocenters. The minimum atomic E-state index is -3.69. The molecule has 0 spiro atoms. The van der Waals surface area contributed by atoms with Gasteiger partial charge in [0.05, 0.1) is 17.1 Å². The zero-order valence-corrected chi connectivity index (χ0v) is 17.7. The van der Waals surface area contributed by atoms with Gasteiger partial charge in [0.15, 0.2) is 0 Å². The van der Waals surface area contributed by atoms with Crippen molar-refractivity contribution in [1.82, 2.24) is 0 Å². The van der Waals surface area contributed by atoms with Crippen molar-refractivity contribution < 1.29 is 13.2 Å². The van der Waals surface area contributed by atoms with E-state index in [1.807, 2.05) is 32.0 Å². The first-order valence-electron chi connectivity index (χ1n) is 9.59. The number of benzene rings is 3. The Kier molecular flexibility index (Phi) is 4.95. The van der Waals surface area contributed by atoms with Crippen LogP contribution in [0, 0.1) is 13.8 Å². The average molecular weight is 419 g/mol. The summed E-state index contributed by atoms with van der Waals surface area (Å²) in [7, 11) is -3.69. The van der Waals surface area contributed by atoms with Gasteiger partial charge in [0.2, 0.25) is 0 Å². The van der Waals surface area contributed by atoms with E-state index in [0.717, 1.165) is 16.8 Å². The number of amides is 1. The highest BCUT2D eigenvalue weighted by molar-refractivity contribution is 7.93. The Morgan fingerprint density at radius 1 is 1.03 bits per heavy atom. The molecule has 1 N–H and O–H groups in total. The molecule has 0 aliphatic carbocycles. The molecule has 0 bridgehead atoms. The van der Waals surface area contributed by atoms with Crippen LogP contribution in [0.4, 0.5) is 11.4 Å². The van der Waals surface area contributed by atoms with Crippen molar-refractivity contribution in [3.05, 3.63) is 90.0 Å². The van der Waals surface area contributed by atoms with Crippen LogP contribution in [0.15, 0.2) is 78.2 Å². The van der Waals surface area contributed by atoms with E-state index in [4.69, 9.17) is 0 Å². The Morgan fingerprint density at radius 2 is 1.80 bits per heavy atom. The van der Waals surface area contributed by atoms with Crippen LogP contribution < -0.4 is 9.62 Å². The predicted molar refractivity (Wildman–Crippen MR) is 120 cm³/mol. The molecule has 1 aliphatic rings. The quantitative estimate of drug-likeness (QED) is 0.612. The van der Waals surface area contributed by atoms with Crippen molar-refractivity contribution in [3.8, 4) is 11.1 Å². The highest BCUT2D eigenvalue weighted by atomic mass is 32.2. The molecule has 0 saturated carbocycles. The van der Waals surface area contributed by atoms with Gasteiger partial charge in [-0.2, -0.15) is 0 Å². The topological polar surface area (TPSA) is 66.5 Å². The molecule has 0 saturated heterocycles. The van der Waals surface area contributed by atoms with Crippen molar-refractivity contribution in [1.29, 1.82) is 0 Å². The molecule has 5 nitrogen and oxygen atoms in total. The zero-order valence-electron chi connectivity index (χ0n) is 16.8. The van der Waals surface area contributed by atoms with Crippen LogP contribution in [0.2, 0.25) is 0 Å². The highest BCUT2D eigenvalue weighted by Crippen LogP contribution is 2.43. The van der Waals surface area contributed by atoms with Crippen molar-refractivity contribution in [2.75, 3.05) is 16.2 Å². The Morgan fingerprint density at radius 3 is 2.57 bits per heavy atom. The Labute approximate surface area is 176 Å². The van der Waals surface area contributed by atoms with Crippen LogP contribution in [0.25, 0.3) is 11.1 Å². The maximum atomic E-state index is 13.1. The summed E-state index contributed by atoms with van der Waals surface area (Å²) in [6.45, 7) is 7.80. The zero-order chi connectivity index (χ0) is 21.5. The lowest BCUT2D eigenvalue weighted by atomic mass is 9.99. The number of sulfonamides is 1. The third-order valence-electron chi connectivity index (χ3n) is 5.42. The van der Waals surface area contributed by atoms with Crippen molar-refractivity contribution in [3.63, 3.8) is 0 Å². The van der Waals surface area contributed by atoms with Gasteiger partial charge in [0.25, 0.3) is 15.9 Å². The number of aryl methyl sites for hydroxylation is 1. The van der Waals surface area contributed by atoms with Crippen LogP contribution in [0.5, 0.6) is 0 Å².